The zero-order valence-electron chi connectivity index (χ0n) is 17.9. The summed E-state index contributed by atoms with van der Waals surface area (Å²) in [7, 11) is 0. The number of aromatic nitrogens is 4. The molecule has 33 heavy (non-hydrogen) atoms. The average molecular weight is 480 g/mol. The van der Waals surface area contributed by atoms with Crippen LogP contribution in [-0.4, -0.2) is 32.8 Å². The molecule has 0 unspecified atom stereocenters. The Hall–Kier alpha value is -2.87. The number of anilines is 2. The Bertz CT molecular complexity index is 1370. The van der Waals surface area contributed by atoms with Crippen LogP contribution in [-0.2, 0) is 6.42 Å². The van der Waals surface area contributed by atoms with Crippen molar-refractivity contribution >= 4 is 46.0 Å². The Morgan fingerprint density at radius 3 is 2.58 bits per heavy atom. The van der Waals surface area contributed by atoms with Crippen LogP contribution in [0.25, 0.3) is 16.7 Å². The van der Waals surface area contributed by atoms with Gasteiger partial charge in [-0.1, -0.05) is 53.5 Å². The van der Waals surface area contributed by atoms with E-state index in [2.05, 4.69) is 39.2 Å². The number of nitrogens with two attached hydrogens (primary N) is 2. The first kappa shape index (κ1) is 20.7. The van der Waals surface area contributed by atoms with E-state index in [9.17, 15) is 0 Å². The first-order valence-corrected chi connectivity index (χ1v) is 11.8. The van der Waals surface area contributed by atoms with Crippen LogP contribution in [0, 0.1) is 5.41 Å². The molecule has 0 saturated carbocycles. The molecule has 1 aliphatic heterocycles. The fourth-order valence-electron chi connectivity index (χ4n) is 5.31. The number of hydrogen-bond donors (Lipinski definition) is 2. The zero-order valence-corrected chi connectivity index (χ0v) is 19.4. The van der Waals surface area contributed by atoms with E-state index < -0.39 is 0 Å². The van der Waals surface area contributed by atoms with Gasteiger partial charge in [-0.2, -0.15) is 9.97 Å². The molecule has 1 saturated heterocycles. The van der Waals surface area contributed by atoms with E-state index in [0.717, 1.165) is 32.4 Å². The molecule has 9 heteroatoms. The summed E-state index contributed by atoms with van der Waals surface area (Å²) in [5.74, 6) is 0.992. The van der Waals surface area contributed by atoms with Crippen molar-refractivity contribution in [3.8, 4) is 5.69 Å². The predicted molar refractivity (Wildman–Crippen MR) is 132 cm³/mol. The molecule has 1 atom stereocenters. The normalized spacial score (nSPS) is 19.4. The van der Waals surface area contributed by atoms with Crippen LogP contribution in [0.15, 0.2) is 48.7 Å². The molecular formula is C24H23Cl2N7. The molecule has 6 rings (SSSR count). The minimum atomic E-state index is 0.0717. The van der Waals surface area contributed by atoms with E-state index in [-0.39, 0.29) is 11.5 Å². The van der Waals surface area contributed by atoms with Crippen molar-refractivity contribution in [3.63, 3.8) is 0 Å². The molecule has 0 radical (unpaired) electrons. The van der Waals surface area contributed by atoms with E-state index in [1.54, 1.807) is 16.9 Å². The second-order valence-electron chi connectivity index (χ2n) is 9.00. The topological polar surface area (TPSA) is 98.9 Å². The summed E-state index contributed by atoms with van der Waals surface area (Å²) in [5.41, 5.74) is 17.0. The van der Waals surface area contributed by atoms with Gasteiger partial charge in [-0.3, -0.25) is 0 Å². The van der Waals surface area contributed by atoms with Gasteiger partial charge >= 0.3 is 0 Å². The van der Waals surface area contributed by atoms with Crippen molar-refractivity contribution in [1.29, 1.82) is 0 Å². The fraction of sp³-hybridized carbons (Fsp3) is 0.292. The first-order chi connectivity index (χ1) is 15.9. The second kappa shape index (κ2) is 7.58. The molecule has 2 aromatic heterocycles. The Labute approximate surface area is 201 Å². The Kier molecular flexibility index (Phi) is 4.76. The highest BCUT2D eigenvalue weighted by molar-refractivity contribution is 6.43. The molecule has 1 spiro atoms. The maximum Gasteiger partial charge on any atom is 0.229 e. The lowest BCUT2D eigenvalue weighted by Crippen LogP contribution is -2.45. The predicted octanol–water partition coefficient (Wildman–Crippen LogP) is 4.55. The number of halogens is 2. The minimum absolute atomic E-state index is 0.0717. The largest absolute Gasteiger partial charge is 0.383 e. The van der Waals surface area contributed by atoms with Gasteiger partial charge in [0.25, 0.3) is 0 Å². The summed E-state index contributed by atoms with van der Waals surface area (Å²) in [5, 5.41) is 6.17. The molecule has 1 fully saturated rings. The van der Waals surface area contributed by atoms with Gasteiger partial charge in [-0.05, 0) is 47.9 Å². The molecular weight excluding hydrogens is 457 g/mol. The fourth-order valence-corrected chi connectivity index (χ4v) is 5.69. The summed E-state index contributed by atoms with van der Waals surface area (Å²) >= 11 is 12.5. The van der Waals surface area contributed by atoms with Gasteiger partial charge < -0.3 is 16.4 Å². The van der Waals surface area contributed by atoms with E-state index in [1.807, 2.05) is 12.1 Å². The van der Waals surface area contributed by atoms with E-state index in [1.165, 1.54) is 11.1 Å². The van der Waals surface area contributed by atoms with Gasteiger partial charge in [0.2, 0.25) is 5.95 Å². The Morgan fingerprint density at radius 1 is 1.00 bits per heavy atom. The molecule has 4 aromatic rings. The van der Waals surface area contributed by atoms with Crippen molar-refractivity contribution in [1.82, 2.24) is 19.7 Å². The highest BCUT2D eigenvalue weighted by atomic mass is 35.5. The standard InChI is InChI=1S/C24H23Cl2N7/c25-17-6-3-7-18(19(17)26)33-13-16-21(28)29-23(30-22(16)31-33)32-10-8-24(9-11-32)12-14-4-1-2-5-15(14)20(24)27/h1-7,13,20H,8-12,27H2,(H2,28,29,30,31)/t20-/m1/s1. The van der Waals surface area contributed by atoms with Crippen LogP contribution in [0.2, 0.25) is 10.0 Å². The molecule has 168 valence electrons. The molecule has 4 N–H and O–H groups in total. The third kappa shape index (κ3) is 3.26. The van der Waals surface area contributed by atoms with Crippen molar-refractivity contribution in [3.05, 3.63) is 69.8 Å². The maximum absolute atomic E-state index is 6.72. The Morgan fingerprint density at radius 2 is 1.79 bits per heavy atom. The van der Waals surface area contributed by atoms with Crippen LogP contribution in [0.3, 0.4) is 0 Å². The smallest absolute Gasteiger partial charge is 0.229 e. The van der Waals surface area contributed by atoms with Gasteiger partial charge in [-0.25, -0.2) is 4.68 Å². The van der Waals surface area contributed by atoms with Gasteiger partial charge in [0.1, 0.15) is 5.82 Å². The average Bonchev–Trinajstić information content (AvgIpc) is 3.36. The molecule has 0 bridgehead atoms. The van der Waals surface area contributed by atoms with Crippen LogP contribution in [0.1, 0.15) is 30.0 Å². The SMILES string of the molecule is Nc1nc(N2CCC3(CC2)Cc2ccccc2[C@H]3N)nc2nn(-c3cccc(Cl)c3Cl)cc12. The maximum atomic E-state index is 6.72. The number of nitrogen functional groups attached to an aromatic ring is 1. The molecule has 1 aliphatic carbocycles. The van der Waals surface area contributed by atoms with Gasteiger partial charge in [0, 0.05) is 25.3 Å². The molecule has 0 amide bonds. The summed E-state index contributed by atoms with van der Waals surface area (Å²) in [4.78, 5) is 11.5. The van der Waals surface area contributed by atoms with E-state index in [0.29, 0.717) is 38.5 Å². The second-order valence-corrected chi connectivity index (χ2v) is 9.78. The quantitative estimate of drug-likeness (QED) is 0.437. The van der Waals surface area contributed by atoms with Crippen molar-refractivity contribution < 1.29 is 0 Å². The summed E-state index contributed by atoms with van der Waals surface area (Å²) in [6.07, 6.45) is 4.78. The molecule has 2 aliphatic rings. The first-order valence-electron chi connectivity index (χ1n) is 11.0. The molecule has 3 heterocycles. The van der Waals surface area contributed by atoms with E-state index in [4.69, 9.17) is 39.7 Å². The highest BCUT2D eigenvalue weighted by Gasteiger charge is 2.46. The lowest BCUT2D eigenvalue weighted by molar-refractivity contribution is 0.187. The van der Waals surface area contributed by atoms with Gasteiger partial charge in [0.05, 0.1) is 21.1 Å². The molecule has 7 nitrogen and oxygen atoms in total. The van der Waals surface area contributed by atoms with Crippen molar-refractivity contribution in [2.24, 2.45) is 11.1 Å². The number of fused-ring (bicyclic) bond motifs is 2. The van der Waals surface area contributed by atoms with Crippen LogP contribution >= 0.6 is 23.2 Å². The number of piperidine rings is 1. The third-order valence-electron chi connectivity index (χ3n) is 7.21. The number of nitrogens with zero attached hydrogens (tertiary/aromatic N) is 5. The monoisotopic (exact) mass is 479 g/mol. The summed E-state index contributed by atoms with van der Waals surface area (Å²) < 4.78 is 1.65. The van der Waals surface area contributed by atoms with Crippen LogP contribution in [0.5, 0.6) is 0 Å². The third-order valence-corrected chi connectivity index (χ3v) is 8.02. The van der Waals surface area contributed by atoms with Crippen LogP contribution in [0.4, 0.5) is 11.8 Å². The number of hydrogen-bond acceptors (Lipinski definition) is 6. The van der Waals surface area contributed by atoms with Gasteiger partial charge in [-0.15, -0.1) is 5.10 Å². The van der Waals surface area contributed by atoms with Crippen molar-refractivity contribution in [2.75, 3.05) is 23.7 Å². The number of rotatable bonds is 2. The number of benzene rings is 2. The van der Waals surface area contributed by atoms with Crippen molar-refractivity contribution in [2.45, 2.75) is 25.3 Å². The minimum Gasteiger partial charge on any atom is -0.383 e. The van der Waals surface area contributed by atoms with E-state index >= 15 is 0 Å². The lowest BCUT2D eigenvalue weighted by atomic mass is 9.73. The van der Waals surface area contributed by atoms with Gasteiger partial charge in [0.15, 0.2) is 5.65 Å². The summed E-state index contributed by atoms with van der Waals surface area (Å²) in [6.45, 7) is 1.65. The lowest BCUT2D eigenvalue weighted by Gasteiger charge is -2.42. The summed E-state index contributed by atoms with van der Waals surface area (Å²) in [6, 6.07) is 14.0. The highest BCUT2D eigenvalue weighted by Crippen LogP contribution is 2.50. The Balaban J connectivity index is 1.28. The van der Waals surface area contributed by atoms with Crippen LogP contribution < -0.4 is 16.4 Å². The zero-order chi connectivity index (χ0) is 22.7. The molecule has 2 aromatic carbocycles.